The first-order chi connectivity index (χ1) is 11.0. The van der Waals surface area contributed by atoms with Crippen LogP contribution in [0.1, 0.15) is 15.9 Å². The van der Waals surface area contributed by atoms with E-state index in [-0.39, 0.29) is 17.0 Å². The first kappa shape index (κ1) is 15.5. The number of hydrogen-bond acceptors (Lipinski definition) is 2. The van der Waals surface area contributed by atoms with Crippen LogP contribution in [0, 0.1) is 0 Å². The zero-order valence-corrected chi connectivity index (χ0v) is 14.1. The molecule has 0 unspecified atom stereocenters. The molecule has 0 saturated heterocycles. The second kappa shape index (κ2) is 6.38. The fraction of sp³-hybridized carbons (Fsp3) is 0.111. The van der Waals surface area contributed by atoms with E-state index in [4.69, 9.17) is 0 Å². The molecule has 3 aromatic rings. The van der Waals surface area contributed by atoms with Crippen molar-refractivity contribution in [1.29, 1.82) is 0 Å². The number of pyridine rings is 1. The number of nitrogens with zero attached hydrogens (tertiary/aromatic N) is 1. The second-order valence-electron chi connectivity index (χ2n) is 5.39. The van der Waals surface area contributed by atoms with Gasteiger partial charge in [0.15, 0.2) is 0 Å². The molecule has 116 valence electrons. The molecule has 3 rings (SSSR count). The molecular formula is C18H15BrN2O2. The Balaban J connectivity index is 1.93. The minimum Gasteiger partial charge on any atom is -0.337 e. The van der Waals surface area contributed by atoms with E-state index in [0.717, 1.165) is 15.4 Å². The summed E-state index contributed by atoms with van der Waals surface area (Å²) in [6, 6.07) is 16.8. The van der Waals surface area contributed by atoms with E-state index in [0.29, 0.717) is 12.1 Å². The molecule has 4 nitrogen and oxygen atoms in total. The van der Waals surface area contributed by atoms with Crippen molar-refractivity contribution in [3.63, 3.8) is 0 Å². The van der Waals surface area contributed by atoms with Gasteiger partial charge in [-0.15, -0.1) is 0 Å². The molecule has 0 aliphatic carbocycles. The smallest absolute Gasteiger partial charge is 0.261 e. The summed E-state index contributed by atoms with van der Waals surface area (Å²) in [7, 11) is 1.69. The molecule has 0 aliphatic heterocycles. The predicted octanol–water partition coefficient (Wildman–Crippen LogP) is 3.56. The van der Waals surface area contributed by atoms with Gasteiger partial charge >= 0.3 is 0 Å². The fourth-order valence-corrected chi connectivity index (χ4v) is 2.85. The Morgan fingerprint density at radius 3 is 2.61 bits per heavy atom. The molecule has 1 aromatic heterocycles. The fourth-order valence-electron chi connectivity index (χ4n) is 2.47. The Morgan fingerprint density at radius 1 is 1.13 bits per heavy atom. The third kappa shape index (κ3) is 3.35. The first-order valence-corrected chi connectivity index (χ1v) is 7.96. The standard InChI is InChI=1S/C18H15BrN2O2/c1-21(11-12-5-3-2-4-6-12)18(23)15-10-13-9-14(19)7-8-16(13)20-17(15)22/h2-10H,11H2,1H3,(H,20,22). The van der Waals surface area contributed by atoms with Crippen LogP contribution < -0.4 is 5.56 Å². The summed E-state index contributed by atoms with van der Waals surface area (Å²) in [5, 5.41) is 0.815. The summed E-state index contributed by atoms with van der Waals surface area (Å²) in [6.45, 7) is 0.454. The van der Waals surface area contributed by atoms with Crippen LogP contribution in [-0.4, -0.2) is 22.8 Å². The van der Waals surface area contributed by atoms with E-state index in [1.54, 1.807) is 18.0 Å². The van der Waals surface area contributed by atoms with E-state index in [1.807, 2.05) is 48.5 Å². The Kier molecular flexibility index (Phi) is 4.30. The number of rotatable bonds is 3. The Morgan fingerprint density at radius 2 is 1.87 bits per heavy atom. The highest BCUT2D eigenvalue weighted by atomic mass is 79.9. The number of carbonyl (C=O) groups excluding carboxylic acids is 1. The van der Waals surface area contributed by atoms with E-state index in [9.17, 15) is 9.59 Å². The normalized spacial score (nSPS) is 10.7. The molecule has 0 fully saturated rings. The summed E-state index contributed by atoms with van der Waals surface area (Å²) >= 11 is 3.40. The average Bonchev–Trinajstić information content (AvgIpc) is 2.55. The summed E-state index contributed by atoms with van der Waals surface area (Å²) in [5.74, 6) is -0.294. The van der Waals surface area contributed by atoms with Gasteiger partial charge in [-0.05, 0) is 29.8 Å². The number of aromatic amines is 1. The summed E-state index contributed by atoms with van der Waals surface area (Å²) in [4.78, 5) is 29.1. The van der Waals surface area contributed by atoms with Gasteiger partial charge in [0.2, 0.25) is 0 Å². The van der Waals surface area contributed by atoms with Crippen molar-refractivity contribution < 1.29 is 4.79 Å². The van der Waals surface area contributed by atoms with Gasteiger partial charge in [-0.25, -0.2) is 0 Å². The Bertz CT molecular complexity index is 919. The van der Waals surface area contributed by atoms with Gasteiger partial charge in [0.05, 0.1) is 0 Å². The summed E-state index contributed by atoms with van der Waals surface area (Å²) in [6.07, 6.45) is 0. The molecule has 1 amide bonds. The molecule has 0 aliphatic rings. The molecule has 0 saturated carbocycles. The van der Waals surface area contributed by atoms with Crippen LogP contribution >= 0.6 is 15.9 Å². The van der Waals surface area contributed by atoms with Gasteiger partial charge in [-0.2, -0.15) is 0 Å². The van der Waals surface area contributed by atoms with Crippen molar-refractivity contribution in [3.8, 4) is 0 Å². The monoisotopic (exact) mass is 370 g/mol. The number of aromatic nitrogens is 1. The molecule has 2 aromatic carbocycles. The zero-order chi connectivity index (χ0) is 16.4. The van der Waals surface area contributed by atoms with E-state index in [1.165, 1.54) is 0 Å². The number of carbonyl (C=O) groups is 1. The number of benzene rings is 2. The van der Waals surface area contributed by atoms with Crippen molar-refractivity contribution in [3.05, 3.63) is 80.6 Å². The van der Waals surface area contributed by atoms with Gasteiger partial charge in [0, 0.05) is 29.0 Å². The molecular weight excluding hydrogens is 356 g/mol. The number of amides is 1. The lowest BCUT2D eigenvalue weighted by atomic mass is 10.1. The van der Waals surface area contributed by atoms with Gasteiger partial charge in [-0.1, -0.05) is 46.3 Å². The van der Waals surface area contributed by atoms with E-state index >= 15 is 0 Å². The highest BCUT2D eigenvalue weighted by Crippen LogP contribution is 2.18. The van der Waals surface area contributed by atoms with Crippen LogP contribution in [0.5, 0.6) is 0 Å². The van der Waals surface area contributed by atoms with Crippen molar-refractivity contribution >= 4 is 32.7 Å². The van der Waals surface area contributed by atoms with Crippen LogP contribution in [0.15, 0.2) is 63.9 Å². The number of hydrogen-bond donors (Lipinski definition) is 1. The van der Waals surface area contributed by atoms with Gasteiger partial charge < -0.3 is 9.88 Å². The third-order valence-electron chi connectivity index (χ3n) is 3.65. The molecule has 1 N–H and O–H groups in total. The molecule has 23 heavy (non-hydrogen) atoms. The minimum atomic E-state index is -0.371. The molecule has 1 heterocycles. The SMILES string of the molecule is CN(Cc1ccccc1)C(=O)c1cc2cc(Br)ccc2[nH]c1=O. The van der Waals surface area contributed by atoms with E-state index < -0.39 is 0 Å². The largest absolute Gasteiger partial charge is 0.337 e. The van der Waals surface area contributed by atoms with Crippen molar-refractivity contribution in [1.82, 2.24) is 9.88 Å². The zero-order valence-electron chi connectivity index (χ0n) is 12.5. The number of nitrogens with one attached hydrogen (secondary N) is 1. The second-order valence-corrected chi connectivity index (χ2v) is 6.31. The van der Waals surface area contributed by atoms with E-state index in [2.05, 4.69) is 20.9 Å². The predicted molar refractivity (Wildman–Crippen MR) is 94.5 cm³/mol. The molecule has 0 atom stereocenters. The number of halogens is 1. The Hall–Kier alpha value is -2.40. The average molecular weight is 371 g/mol. The molecule has 0 radical (unpaired) electrons. The maximum absolute atomic E-state index is 12.6. The van der Waals surface area contributed by atoms with Crippen LogP contribution in [0.3, 0.4) is 0 Å². The molecule has 5 heteroatoms. The van der Waals surface area contributed by atoms with Gasteiger partial charge in [0.1, 0.15) is 5.56 Å². The lowest BCUT2D eigenvalue weighted by Crippen LogP contribution is -2.31. The first-order valence-electron chi connectivity index (χ1n) is 7.16. The maximum Gasteiger partial charge on any atom is 0.261 e. The maximum atomic E-state index is 12.6. The quantitative estimate of drug-likeness (QED) is 0.766. The number of fused-ring (bicyclic) bond motifs is 1. The van der Waals surface area contributed by atoms with Crippen molar-refractivity contribution in [2.24, 2.45) is 0 Å². The molecule has 0 bridgehead atoms. The van der Waals surface area contributed by atoms with Crippen molar-refractivity contribution in [2.75, 3.05) is 7.05 Å². The van der Waals surface area contributed by atoms with Crippen LogP contribution in [0.2, 0.25) is 0 Å². The summed E-state index contributed by atoms with van der Waals surface area (Å²) in [5.41, 5.74) is 1.50. The minimum absolute atomic E-state index is 0.147. The highest BCUT2D eigenvalue weighted by molar-refractivity contribution is 9.10. The lowest BCUT2D eigenvalue weighted by molar-refractivity contribution is 0.0783. The van der Waals surface area contributed by atoms with Crippen LogP contribution in [0.4, 0.5) is 0 Å². The number of H-pyrrole nitrogens is 1. The molecule has 0 spiro atoms. The van der Waals surface area contributed by atoms with Gasteiger partial charge in [0.25, 0.3) is 11.5 Å². The van der Waals surface area contributed by atoms with Crippen LogP contribution in [-0.2, 0) is 6.54 Å². The van der Waals surface area contributed by atoms with Gasteiger partial charge in [-0.3, -0.25) is 9.59 Å². The Labute approximate surface area is 141 Å². The highest BCUT2D eigenvalue weighted by Gasteiger charge is 2.16. The van der Waals surface area contributed by atoms with Crippen LogP contribution in [0.25, 0.3) is 10.9 Å². The summed E-state index contributed by atoms with van der Waals surface area (Å²) < 4.78 is 0.896. The van der Waals surface area contributed by atoms with Crippen molar-refractivity contribution in [2.45, 2.75) is 6.54 Å². The topological polar surface area (TPSA) is 53.2 Å². The third-order valence-corrected chi connectivity index (χ3v) is 4.14. The lowest BCUT2D eigenvalue weighted by Gasteiger charge is -2.17.